The van der Waals surface area contributed by atoms with E-state index in [0.29, 0.717) is 16.3 Å². The number of carbonyl (C=O) groups excluding carboxylic acids is 2. The normalized spacial score (nSPS) is 10.2. The molecule has 1 heterocycles. The predicted molar refractivity (Wildman–Crippen MR) is 65.2 cm³/mol. The number of nitrogens with zero attached hydrogens (tertiary/aromatic N) is 1. The van der Waals surface area contributed by atoms with Gasteiger partial charge in [0.2, 0.25) is 0 Å². The third-order valence-electron chi connectivity index (χ3n) is 2.21. The SMILES string of the molecule is CNCCN(C)C(=O)c1ccc(C(C)=O)s1. The van der Waals surface area contributed by atoms with Gasteiger partial charge in [-0.2, -0.15) is 0 Å². The van der Waals surface area contributed by atoms with Gasteiger partial charge in [-0.05, 0) is 26.1 Å². The van der Waals surface area contributed by atoms with Gasteiger partial charge in [0.05, 0.1) is 9.75 Å². The van der Waals surface area contributed by atoms with Crippen molar-refractivity contribution in [3.05, 3.63) is 21.9 Å². The van der Waals surface area contributed by atoms with Gasteiger partial charge in [-0.1, -0.05) is 0 Å². The molecule has 4 nitrogen and oxygen atoms in total. The lowest BCUT2D eigenvalue weighted by atomic mass is 10.3. The fourth-order valence-electron chi connectivity index (χ4n) is 1.21. The zero-order valence-electron chi connectivity index (χ0n) is 9.74. The monoisotopic (exact) mass is 240 g/mol. The van der Waals surface area contributed by atoms with Gasteiger partial charge in [0, 0.05) is 20.1 Å². The maximum Gasteiger partial charge on any atom is 0.263 e. The van der Waals surface area contributed by atoms with E-state index in [4.69, 9.17) is 0 Å². The lowest BCUT2D eigenvalue weighted by Gasteiger charge is -2.15. The molecule has 1 aromatic heterocycles. The van der Waals surface area contributed by atoms with E-state index in [2.05, 4.69) is 5.32 Å². The Hall–Kier alpha value is -1.20. The molecule has 0 saturated carbocycles. The van der Waals surface area contributed by atoms with Crippen molar-refractivity contribution in [2.45, 2.75) is 6.92 Å². The van der Waals surface area contributed by atoms with Crippen molar-refractivity contribution in [3.8, 4) is 0 Å². The Labute approximate surface area is 99.3 Å². The molecule has 0 radical (unpaired) electrons. The fourth-order valence-corrected chi connectivity index (χ4v) is 2.11. The molecule has 0 aliphatic heterocycles. The molecule has 0 atom stereocenters. The lowest BCUT2D eigenvalue weighted by Crippen LogP contribution is -2.32. The lowest BCUT2D eigenvalue weighted by molar-refractivity contribution is 0.0801. The molecular formula is C11H16N2O2S. The van der Waals surface area contributed by atoms with Crippen molar-refractivity contribution in [1.29, 1.82) is 0 Å². The zero-order valence-corrected chi connectivity index (χ0v) is 10.6. The van der Waals surface area contributed by atoms with Gasteiger partial charge in [-0.25, -0.2) is 0 Å². The van der Waals surface area contributed by atoms with Gasteiger partial charge in [0.25, 0.3) is 5.91 Å². The standard InChI is InChI=1S/C11H16N2O2S/c1-8(14)9-4-5-10(16-9)11(15)13(3)7-6-12-2/h4-5,12H,6-7H2,1-3H3. The van der Waals surface area contributed by atoms with Gasteiger partial charge in [0.15, 0.2) is 5.78 Å². The van der Waals surface area contributed by atoms with Crippen molar-refractivity contribution < 1.29 is 9.59 Å². The van der Waals surface area contributed by atoms with Gasteiger partial charge < -0.3 is 10.2 Å². The quantitative estimate of drug-likeness (QED) is 0.788. The molecule has 0 aliphatic rings. The number of rotatable bonds is 5. The predicted octanol–water partition coefficient (Wildman–Crippen LogP) is 1.24. The van der Waals surface area contributed by atoms with E-state index in [9.17, 15) is 9.59 Å². The third-order valence-corrected chi connectivity index (χ3v) is 3.38. The largest absolute Gasteiger partial charge is 0.340 e. The van der Waals surface area contributed by atoms with Crippen LogP contribution < -0.4 is 5.32 Å². The second-order valence-electron chi connectivity index (χ2n) is 3.55. The Morgan fingerprint density at radius 1 is 1.38 bits per heavy atom. The van der Waals surface area contributed by atoms with Crippen LogP contribution >= 0.6 is 11.3 Å². The maximum atomic E-state index is 11.9. The van der Waals surface area contributed by atoms with E-state index in [0.717, 1.165) is 6.54 Å². The minimum absolute atomic E-state index is 0.00179. The smallest absolute Gasteiger partial charge is 0.263 e. The molecule has 1 rings (SSSR count). The Bertz CT molecular complexity index is 387. The van der Waals surface area contributed by atoms with Gasteiger partial charge in [-0.3, -0.25) is 9.59 Å². The molecule has 0 saturated heterocycles. The van der Waals surface area contributed by atoms with Crippen LogP contribution in [0.5, 0.6) is 0 Å². The number of amides is 1. The highest BCUT2D eigenvalue weighted by atomic mass is 32.1. The van der Waals surface area contributed by atoms with E-state index in [-0.39, 0.29) is 11.7 Å². The summed E-state index contributed by atoms with van der Waals surface area (Å²) in [6.07, 6.45) is 0. The molecule has 1 aromatic rings. The molecule has 16 heavy (non-hydrogen) atoms. The first-order valence-electron chi connectivity index (χ1n) is 5.07. The van der Waals surface area contributed by atoms with Crippen LogP contribution in [0.2, 0.25) is 0 Å². The topological polar surface area (TPSA) is 49.4 Å². The van der Waals surface area contributed by atoms with Crippen molar-refractivity contribution in [3.63, 3.8) is 0 Å². The summed E-state index contributed by atoms with van der Waals surface area (Å²) in [5, 5.41) is 2.98. The van der Waals surface area contributed by atoms with Crippen LogP contribution in [0, 0.1) is 0 Å². The van der Waals surface area contributed by atoms with Crippen molar-refractivity contribution in [2.24, 2.45) is 0 Å². The van der Waals surface area contributed by atoms with Crippen molar-refractivity contribution >= 4 is 23.0 Å². The number of nitrogens with one attached hydrogen (secondary N) is 1. The highest BCUT2D eigenvalue weighted by molar-refractivity contribution is 7.15. The second-order valence-corrected chi connectivity index (χ2v) is 4.63. The molecule has 0 bridgehead atoms. The van der Waals surface area contributed by atoms with Crippen molar-refractivity contribution in [1.82, 2.24) is 10.2 Å². The summed E-state index contributed by atoms with van der Waals surface area (Å²) in [6, 6.07) is 3.41. The van der Waals surface area contributed by atoms with Crippen LogP contribution in [0.3, 0.4) is 0 Å². The van der Waals surface area contributed by atoms with E-state index in [1.807, 2.05) is 7.05 Å². The molecule has 0 aromatic carbocycles. The number of likely N-dealkylation sites (N-methyl/N-ethyl adjacent to an activating group) is 2. The summed E-state index contributed by atoms with van der Waals surface area (Å²) in [6.45, 7) is 2.92. The number of Topliss-reactive ketones (excluding diaryl/α,β-unsaturated/α-hetero) is 1. The molecule has 0 aliphatic carbocycles. The molecule has 0 spiro atoms. The summed E-state index contributed by atoms with van der Waals surface area (Å²) in [5.74, 6) is -0.0327. The molecule has 1 amide bonds. The first kappa shape index (κ1) is 12.9. The number of hydrogen-bond acceptors (Lipinski definition) is 4. The minimum atomic E-state index is -0.0345. The average Bonchev–Trinajstić information content (AvgIpc) is 2.74. The average molecular weight is 240 g/mol. The maximum absolute atomic E-state index is 11.9. The summed E-state index contributed by atoms with van der Waals surface area (Å²) in [4.78, 5) is 25.9. The highest BCUT2D eigenvalue weighted by Crippen LogP contribution is 2.18. The van der Waals surface area contributed by atoms with E-state index < -0.39 is 0 Å². The molecule has 0 unspecified atom stereocenters. The molecule has 88 valence electrons. The molecular weight excluding hydrogens is 224 g/mol. The second kappa shape index (κ2) is 5.77. The van der Waals surface area contributed by atoms with Crippen LogP contribution in [0.4, 0.5) is 0 Å². The fraction of sp³-hybridized carbons (Fsp3) is 0.455. The van der Waals surface area contributed by atoms with Crippen LogP contribution in [0.1, 0.15) is 26.3 Å². The van der Waals surface area contributed by atoms with Crippen LogP contribution in [0.25, 0.3) is 0 Å². The number of ketones is 1. The van der Waals surface area contributed by atoms with Gasteiger partial charge in [0.1, 0.15) is 0 Å². The zero-order chi connectivity index (χ0) is 12.1. The Morgan fingerprint density at radius 3 is 2.50 bits per heavy atom. The number of carbonyl (C=O) groups is 2. The van der Waals surface area contributed by atoms with Crippen LogP contribution in [-0.4, -0.2) is 43.8 Å². The summed E-state index contributed by atoms with van der Waals surface area (Å²) in [5.41, 5.74) is 0. The van der Waals surface area contributed by atoms with E-state index in [1.165, 1.54) is 18.3 Å². The van der Waals surface area contributed by atoms with Crippen LogP contribution in [0.15, 0.2) is 12.1 Å². The summed E-state index contributed by atoms with van der Waals surface area (Å²) in [7, 11) is 3.60. The Morgan fingerprint density at radius 2 is 2.00 bits per heavy atom. The molecule has 1 N–H and O–H groups in total. The third kappa shape index (κ3) is 3.15. The first-order valence-corrected chi connectivity index (χ1v) is 5.88. The number of hydrogen-bond donors (Lipinski definition) is 1. The van der Waals surface area contributed by atoms with E-state index >= 15 is 0 Å². The summed E-state index contributed by atoms with van der Waals surface area (Å²) >= 11 is 1.25. The van der Waals surface area contributed by atoms with Gasteiger partial charge in [-0.15, -0.1) is 11.3 Å². The first-order chi connectivity index (χ1) is 7.56. The molecule has 0 fully saturated rings. The number of thiophene rings is 1. The Kier molecular flexibility index (Phi) is 4.64. The molecule has 5 heteroatoms. The highest BCUT2D eigenvalue weighted by Gasteiger charge is 2.14. The Balaban J connectivity index is 2.68. The minimum Gasteiger partial charge on any atom is -0.340 e. The summed E-state index contributed by atoms with van der Waals surface area (Å²) < 4.78 is 0. The van der Waals surface area contributed by atoms with Crippen LogP contribution in [-0.2, 0) is 0 Å². The van der Waals surface area contributed by atoms with E-state index in [1.54, 1.807) is 24.1 Å². The van der Waals surface area contributed by atoms with Gasteiger partial charge >= 0.3 is 0 Å². The van der Waals surface area contributed by atoms with Crippen molar-refractivity contribution in [2.75, 3.05) is 27.2 Å².